The van der Waals surface area contributed by atoms with E-state index in [4.69, 9.17) is 0 Å². The molecule has 0 amide bonds. The Kier molecular flexibility index (Phi) is 2.04. The van der Waals surface area contributed by atoms with E-state index in [0.717, 1.165) is 25.5 Å². The Labute approximate surface area is 105 Å². The van der Waals surface area contributed by atoms with Gasteiger partial charge in [0.05, 0.1) is 18.4 Å². The van der Waals surface area contributed by atoms with Crippen LogP contribution >= 0.6 is 0 Å². The third kappa shape index (κ3) is 1.32. The summed E-state index contributed by atoms with van der Waals surface area (Å²) in [5.41, 5.74) is 3.63. The van der Waals surface area contributed by atoms with E-state index in [1.807, 2.05) is 6.20 Å². The molecule has 1 aliphatic rings. The first-order valence-electron chi connectivity index (χ1n) is 6.25. The van der Waals surface area contributed by atoms with Crippen molar-refractivity contribution in [1.29, 1.82) is 0 Å². The number of hydrogen-bond acceptors (Lipinski definition) is 2. The summed E-state index contributed by atoms with van der Waals surface area (Å²) in [5, 5.41) is 4.61. The summed E-state index contributed by atoms with van der Waals surface area (Å²) in [5.74, 6) is 1.13. The molecular weight excluding hydrogens is 224 g/mol. The van der Waals surface area contributed by atoms with Crippen molar-refractivity contribution >= 4 is 10.9 Å². The van der Waals surface area contributed by atoms with E-state index in [0.29, 0.717) is 0 Å². The van der Waals surface area contributed by atoms with Crippen molar-refractivity contribution in [2.75, 3.05) is 6.54 Å². The van der Waals surface area contributed by atoms with E-state index < -0.39 is 0 Å². The second kappa shape index (κ2) is 3.71. The zero-order valence-electron chi connectivity index (χ0n) is 9.98. The molecule has 0 unspecified atom stereocenters. The summed E-state index contributed by atoms with van der Waals surface area (Å²) in [6, 6.07) is 8.39. The van der Waals surface area contributed by atoms with E-state index in [9.17, 15) is 0 Å². The lowest BCUT2D eigenvalue weighted by atomic mass is 10.1. The zero-order valence-corrected chi connectivity index (χ0v) is 9.98. The lowest BCUT2D eigenvalue weighted by Gasteiger charge is -2.17. The standard InChI is InChI=1S/C14H14N4/c1-2-4-12-10(3-1)11(7-16-12)13-8-17-14-9-15-5-6-18(13)14/h1-4,7-8,15-16H,5-6,9H2. The fraction of sp³-hybridized carbons (Fsp3) is 0.214. The van der Waals surface area contributed by atoms with Crippen molar-refractivity contribution in [3.05, 3.63) is 42.5 Å². The van der Waals surface area contributed by atoms with Crippen LogP contribution in [0.4, 0.5) is 0 Å². The third-order valence-corrected chi connectivity index (χ3v) is 3.60. The average Bonchev–Trinajstić information content (AvgIpc) is 3.01. The smallest absolute Gasteiger partial charge is 0.123 e. The number of rotatable bonds is 1. The van der Waals surface area contributed by atoms with Crippen LogP contribution in [0.2, 0.25) is 0 Å². The molecule has 3 heterocycles. The highest BCUT2D eigenvalue weighted by atomic mass is 15.2. The van der Waals surface area contributed by atoms with Crippen LogP contribution in [0.1, 0.15) is 5.82 Å². The molecule has 90 valence electrons. The first-order valence-corrected chi connectivity index (χ1v) is 6.25. The van der Waals surface area contributed by atoms with E-state index in [2.05, 4.69) is 50.3 Å². The Morgan fingerprint density at radius 1 is 1.22 bits per heavy atom. The summed E-state index contributed by atoms with van der Waals surface area (Å²) in [7, 11) is 0. The molecule has 4 heteroatoms. The Morgan fingerprint density at radius 2 is 2.17 bits per heavy atom. The van der Waals surface area contributed by atoms with Gasteiger partial charge in [-0.15, -0.1) is 0 Å². The number of aromatic nitrogens is 3. The molecule has 4 nitrogen and oxygen atoms in total. The van der Waals surface area contributed by atoms with Gasteiger partial charge in [0, 0.05) is 35.8 Å². The van der Waals surface area contributed by atoms with Crippen molar-refractivity contribution in [2.24, 2.45) is 0 Å². The van der Waals surface area contributed by atoms with Crippen molar-refractivity contribution in [3.63, 3.8) is 0 Å². The second-order valence-electron chi connectivity index (χ2n) is 4.64. The molecule has 0 bridgehead atoms. The van der Waals surface area contributed by atoms with Crippen LogP contribution in [-0.2, 0) is 13.1 Å². The summed E-state index contributed by atoms with van der Waals surface area (Å²) in [6.07, 6.45) is 4.06. The quantitative estimate of drug-likeness (QED) is 0.682. The predicted molar refractivity (Wildman–Crippen MR) is 71.2 cm³/mol. The van der Waals surface area contributed by atoms with E-state index in [1.165, 1.54) is 22.2 Å². The highest BCUT2D eigenvalue weighted by Gasteiger charge is 2.16. The van der Waals surface area contributed by atoms with Gasteiger partial charge in [0.1, 0.15) is 5.82 Å². The van der Waals surface area contributed by atoms with Crippen molar-refractivity contribution in [3.8, 4) is 11.3 Å². The highest BCUT2D eigenvalue weighted by Crippen LogP contribution is 2.29. The topological polar surface area (TPSA) is 45.6 Å². The molecule has 2 aromatic heterocycles. The van der Waals surface area contributed by atoms with Gasteiger partial charge < -0.3 is 14.9 Å². The normalized spacial score (nSPS) is 14.9. The van der Waals surface area contributed by atoms with Gasteiger partial charge in [-0.05, 0) is 6.07 Å². The van der Waals surface area contributed by atoms with Crippen molar-refractivity contribution in [1.82, 2.24) is 19.9 Å². The number of nitrogens with one attached hydrogen (secondary N) is 2. The lowest BCUT2D eigenvalue weighted by molar-refractivity contribution is 0.508. The molecule has 1 aliphatic heterocycles. The predicted octanol–water partition coefficient (Wildman–Crippen LogP) is 2.13. The first-order chi connectivity index (χ1) is 8.93. The number of benzene rings is 1. The van der Waals surface area contributed by atoms with Crippen LogP contribution in [0.15, 0.2) is 36.7 Å². The summed E-state index contributed by atoms with van der Waals surface area (Å²) >= 11 is 0. The zero-order chi connectivity index (χ0) is 11.9. The van der Waals surface area contributed by atoms with E-state index in [1.54, 1.807) is 0 Å². The van der Waals surface area contributed by atoms with Gasteiger partial charge >= 0.3 is 0 Å². The Morgan fingerprint density at radius 3 is 3.17 bits per heavy atom. The maximum Gasteiger partial charge on any atom is 0.123 e. The van der Waals surface area contributed by atoms with Gasteiger partial charge in [0.15, 0.2) is 0 Å². The van der Waals surface area contributed by atoms with Gasteiger partial charge in [-0.2, -0.15) is 0 Å². The van der Waals surface area contributed by atoms with Crippen LogP contribution in [0.25, 0.3) is 22.2 Å². The monoisotopic (exact) mass is 238 g/mol. The maximum atomic E-state index is 4.51. The van der Waals surface area contributed by atoms with Crippen LogP contribution in [0, 0.1) is 0 Å². The molecule has 0 saturated heterocycles. The van der Waals surface area contributed by atoms with Crippen LogP contribution in [-0.4, -0.2) is 21.1 Å². The Hall–Kier alpha value is -2.07. The highest BCUT2D eigenvalue weighted by molar-refractivity contribution is 5.94. The van der Waals surface area contributed by atoms with Gasteiger partial charge in [0.2, 0.25) is 0 Å². The molecule has 2 N–H and O–H groups in total. The molecule has 4 rings (SSSR count). The van der Waals surface area contributed by atoms with Crippen LogP contribution in [0.5, 0.6) is 0 Å². The molecule has 0 atom stereocenters. The molecule has 0 aliphatic carbocycles. The molecule has 0 saturated carbocycles. The fourth-order valence-corrected chi connectivity index (χ4v) is 2.69. The van der Waals surface area contributed by atoms with Gasteiger partial charge in [-0.3, -0.25) is 0 Å². The minimum atomic E-state index is 0.863. The molecule has 0 radical (unpaired) electrons. The van der Waals surface area contributed by atoms with Crippen molar-refractivity contribution < 1.29 is 0 Å². The summed E-state index contributed by atoms with van der Waals surface area (Å²) in [4.78, 5) is 7.83. The first kappa shape index (κ1) is 9.91. The summed E-state index contributed by atoms with van der Waals surface area (Å²) in [6.45, 7) is 2.87. The number of nitrogens with zero attached hydrogens (tertiary/aromatic N) is 2. The average molecular weight is 238 g/mol. The van der Waals surface area contributed by atoms with Crippen LogP contribution < -0.4 is 5.32 Å². The van der Waals surface area contributed by atoms with Gasteiger partial charge in [-0.1, -0.05) is 18.2 Å². The number of imidazole rings is 1. The van der Waals surface area contributed by atoms with E-state index in [-0.39, 0.29) is 0 Å². The summed E-state index contributed by atoms with van der Waals surface area (Å²) < 4.78 is 2.31. The van der Waals surface area contributed by atoms with Crippen LogP contribution in [0.3, 0.4) is 0 Å². The molecule has 3 aromatic rings. The lowest BCUT2D eigenvalue weighted by Crippen LogP contribution is -2.28. The molecule has 0 fully saturated rings. The number of aromatic amines is 1. The molecule has 1 aromatic carbocycles. The van der Waals surface area contributed by atoms with Crippen molar-refractivity contribution in [2.45, 2.75) is 13.1 Å². The number of hydrogen-bond donors (Lipinski definition) is 2. The largest absolute Gasteiger partial charge is 0.360 e. The minimum absolute atomic E-state index is 0.863. The molecular formula is C14H14N4. The maximum absolute atomic E-state index is 4.51. The number of H-pyrrole nitrogens is 1. The van der Waals surface area contributed by atoms with Gasteiger partial charge in [0.25, 0.3) is 0 Å². The Balaban J connectivity index is 1.95. The Bertz CT molecular complexity index is 707. The van der Waals surface area contributed by atoms with Gasteiger partial charge in [-0.25, -0.2) is 4.98 Å². The molecule has 0 spiro atoms. The van der Waals surface area contributed by atoms with E-state index >= 15 is 0 Å². The third-order valence-electron chi connectivity index (χ3n) is 3.60. The SMILES string of the molecule is c1ccc2c(-c3cnc4n3CCNC4)c[nH]c2c1. The fourth-order valence-electron chi connectivity index (χ4n) is 2.69. The number of para-hydroxylation sites is 1. The second-order valence-corrected chi connectivity index (χ2v) is 4.64. The number of fused-ring (bicyclic) bond motifs is 2. The molecule has 18 heavy (non-hydrogen) atoms. The minimum Gasteiger partial charge on any atom is -0.360 e.